The van der Waals surface area contributed by atoms with Crippen LogP contribution in [0.25, 0.3) is 0 Å². The molecule has 0 aliphatic carbocycles. The minimum Gasteiger partial charge on any atom is -0.397 e. The van der Waals surface area contributed by atoms with Crippen LogP contribution in [0, 0.1) is 25.2 Å². The number of nitrogens with two attached hydrogens (primary N) is 1. The van der Waals surface area contributed by atoms with Crippen molar-refractivity contribution in [3.05, 3.63) is 23.8 Å². The van der Waals surface area contributed by atoms with Gasteiger partial charge in [0.05, 0.1) is 11.4 Å². The van der Waals surface area contributed by atoms with Crippen LogP contribution in [0.4, 0.5) is 11.4 Å². The van der Waals surface area contributed by atoms with Crippen molar-refractivity contribution in [2.24, 2.45) is 5.92 Å². The Balaban J connectivity index is 2.35. The normalized spacial score (nSPS) is 19.9. The van der Waals surface area contributed by atoms with Crippen molar-refractivity contribution >= 4 is 17.3 Å². The van der Waals surface area contributed by atoms with Gasteiger partial charge in [0.15, 0.2) is 0 Å². The number of carbonyl (C=O) groups is 1. The van der Waals surface area contributed by atoms with Crippen LogP contribution in [-0.2, 0) is 4.79 Å². The van der Waals surface area contributed by atoms with E-state index in [9.17, 15) is 4.79 Å². The van der Waals surface area contributed by atoms with Gasteiger partial charge in [-0.2, -0.15) is 0 Å². The lowest BCUT2D eigenvalue weighted by molar-refractivity contribution is -0.117. The number of nitrogens with zero attached hydrogens (tertiary/aromatic N) is 1. The van der Waals surface area contributed by atoms with E-state index in [4.69, 9.17) is 12.2 Å². The number of anilines is 2. The molecule has 1 unspecified atom stereocenters. The lowest BCUT2D eigenvalue weighted by Crippen LogP contribution is -2.25. The number of rotatable bonds is 1. The van der Waals surface area contributed by atoms with Crippen LogP contribution >= 0.6 is 0 Å². The Morgan fingerprint density at radius 1 is 1.56 bits per heavy atom. The van der Waals surface area contributed by atoms with E-state index in [-0.39, 0.29) is 11.8 Å². The summed E-state index contributed by atoms with van der Waals surface area (Å²) in [6.45, 7) is 2.55. The van der Waals surface area contributed by atoms with Crippen molar-refractivity contribution in [1.29, 1.82) is 0 Å². The molecule has 3 heteroatoms. The average Bonchev–Trinajstić information content (AvgIpc) is 2.63. The molecule has 1 aliphatic rings. The number of hydrogen-bond acceptors (Lipinski definition) is 2. The summed E-state index contributed by atoms with van der Waals surface area (Å²) in [7, 11) is 0. The SMILES string of the molecule is C#CC1CC(=O)N(c2cc(C)ccc2N)C1. The van der Waals surface area contributed by atoms with Gasteiger partial charge in [0.25, 0.3) is 0 Å². The molecule has 1 atom stereocenters. The zero-order valence-electron chi connectivity index (χ0n) is 9.23. The van der Waals surface area contributed by atoms with E-state index in [1.54, 1.807) is 4.90 Å². The first-order valence-corrected chi connectivity index (χ1v) is 5.24. The average molecular weight is 214 g/mol. The summed E-state index contributed by atoms with van der Waals surface area (Å²) < 4.78 is 0. The predicted octanol–water partition coefficient (Wildman–Crippen LogP) is 1.56. The molecule has 1 fully saturated rings. The smallest absolute Gasteiger partial charge is 0.228 e. The molecule has 1 saturated heterocycles. The Labute approximate surface area is 95.2 Å². The van der Waals surface area contributed by atoms with E-state index in [1.807, 2.05) is 25.1 Å². The number of aryl methyl sites for hydroxylation is 1. The lowest BCUT2D eigenvalue weighted by atomic mass is 10.1. The third-order valence-electron chi connectivity index (χ3n) is 2.84. The molecule has 1 aliphatic heterocycles. The molecular formula is C13H14N2O. The molecule has 2 rings (SSSR count). The molecule has 2 N–H and O–H groups in total. The lowest BCUT2D eigenvalue weighted by Gasteiger charge is -2.18. The third-order valence-corrected chi connectivity index (χ3v) is 2.84. The highest BCUT2D eigenvalue weighted by atomic mass is 16.2. The number of nitrogen functional groups attached to an aromatic ring is 1. The van der Waals surface area contributed by atoms with E-state index in [0.717, 1.165) is 11.3 Å². The molecule has 1 aromatic rings. The van der Waals surface area contributed by atoms with E-state index < -0.39 is 0 Å². The molecule has 1 amide bonds. The zero-order chi connectivity index (χ0) is 11.7. The van der Waals surface area contributed by atoms with Crippen LogP contribution in [0.3, 0.4) is 0 Å². The summed E-state index contributed by atoms with van der Waals surface area (Å²) >= 11 is 0. The number of terminal acetylenes is 1. The second-order valence-electron chi connectivity index (χ2n) is 4.13. The molecule has 0 radical (unpaired) electrons. The van der Waals surface area contributed by atoms with Gasteiger partial charge in [-0.25, -0.2) is 0 Å². The molecule has 16 heavy (non-hydrogen) atoms. The topological polar surface area (TPSA) is 46.3 Å². The Kier molecular flexibility index (Phi) is 2.57. The van der Waals surface area contributed by atoms with Crippen LogP contribution < -0.4 is 10.6 Å². The monoisotopic (exact) mass is 214 g/mol. The van der Waals surface area contributed by atoms with Gasteiger partial charge in [-0.05, 0) is 24.6 Å². The number of benzene rings is 1. The zero-order valence-corrected chi connectivity index (χ0v) is 9.23. The Morgan fingerprint density at radius 2 is 2.31 bits per heavy atom. The Morgan fingerprint density at radius 3 is 2.94 bits per heavy atom. The maximum Gasteiger partial charge on any atom is 0.228 e. The van der Waals surface area contributed by atoms with Gasteiger partial charge in [0, 0.05) is 18.9 Å². The maximum absolute atomic E-state index is 11.8. The van der Waals surface area contributed by atoms with Gasteiger partial charge in [-0.1, -0.05) is 6.07 Å². The first kappa shape index (κ1) is 10.6. The summed E-state index contributed by atoms with van der Waals surface area (Å²) in [5, 5.41) is 0. The van der Waals surface area contributed by atoms with Crippen molar-refractivity contribution in [3.63, 3.8) is 0 Å². The first-order chi connectivity index (χ1) is 7.61. The molecule has 0 bridgehead atoms. The largest absolute Gasteiger partial charge is 0.397 e. The summed E-state index contributed by atoms with van der Waals surface area (Å²) in [5.74, 6) is 2.69. The standard InChI is InChI=1S/C13H14N2O/c1-3-10-7-13(16)15(8-10)12-6-9(2)4-5-11(12)14/h1,4-6,10H,7-8,14H2,2H3. The molecule has 3 nitrogen and oxygen atoms in total. The fourth-order valence-electron chi connectivity index (χ4n) is 1.94. The predicted molar refractivity (Wildman–Crippen MR) is 64.9 cm³/mol. The van der Waals surface area contributed by atoms with E-state index in [2.05, 4.69) is 5.92 Å². The second kappa shape index (κ2) is 3.90. The highest BCUT2D eigenvalue weighted by molar-refractivity contribution is 5.98. The molecule has 0 aromatic heterocycles. The number of amides is 1. The molecule has 82 valence electrons. The Bertz CT molecular complexity index is 473. The van der Waals surface area contributed by atoms with Crippen LogP contribution in [0.15, 0.2) is 18.2 Å². The Hall–Kier alpha value is -1.95. The van der Waals surface area contributed by atoms with Crippen molar-refractivity contribution in [3.8, 4) is 12.3 Å². The fraction of sp³-hybridized carbons (Fsp3) is 0.308. The van der Waals surface area contributed by atoms with E-state index in [1.165, 1.54) is 0 Å². The van der Waals surface area contributed by atoms with Crippen LogP contribution in [0.2, 0.25) is 0 Å². The van der Waals surface area contributed by atoms with Gasteiger partial charge in [-0.3, -0.25) is 4.79 Å². The van der Waals surface area contributed by atoms with Gasteiger partial charge < -0.3 is 10.6 Å². The second-order valence-corrected chi connectivity index (χ2v) is 4.13. The summed E-state index contributed by atoms with van der Waals surface area (Å²) in [5.41, 5.74) is 8.36. The number of hydrogen-bond donors (Lipinski definition) is 1. The summed E-state index contributed by atoms with van der Waals surface area (Å²) in [6, 6.07) is 5.67. The van der Waals surface area contributed by atoms with Gasteiger partial charge >= 0.3 is 0 Å². The van der Waals surface area contributed by atoms with Gasteiger partial charge in [0.1, 0.15) is 0 Å². The van der Waals surface area contributed by atoms with Gasteiger partial charge in [0.2, 0.25) is 5.91 Å². The van der Waals surface area contributed by atoms with E-state index >= 15 is 0 Å². The van der Waals surface area contributed by atoms with Crippen molar-refractivity contribution in [2.45, 2.75) is 13.3 Å². The molecule has 1 aromatic carbocycles. The van der Waals surface area contributed by atoms with Crippen molar-refractivity contribution in [1.82, 2.24) is 0 Å². The maximum atomic E-state index is 11.8. The van der Waals surface area contributed by atoms with Crippen LogP contribution in [-0.4, -0.2) is 12.5 Å². The minimum absolute atomic E-state index is 0.00686. The van der Waals surface area contributed by atoms with Crippen molar-refractivity contribution in [2.75, 3.05) is 17.2 Å². The van der Waals surface area contributed by atoms with Crippen molar-refractivity contribution < 1.29 is 4.79 Å². The summed E-state index contributed by atoms with van der Waals surface area (Å²) in [6.07, 6.45) is 5.76. The molecular weight excluding hydrogens is 200 g/mol. The van der Waals surface area contributed by atoms with E-state index in [0.29, 0.717) is 18.7 Å². The minimum atomic E-state index is 0.00686. The molecule has 0 spiro atoms. The highest BCUT2D eigenvalue weighted by Crippen LogP contribution is 2.30. The highest BCUT2D eigenvalue weighted by Gasteiger charge is 2.30. The molecule has 1 heterocycles. The van der Waals surface area contributed by atoms with Crippen LogP contribution in [0.1, 0.15) is 12.0 Å². The quantitative estimate of drug-likeness (QED) is 0.569. The number of carbonyl (C=O) groups excluding carboxylic acids is 1. The summed E-state index contributed by atoms with van der Waals surface area (Å²) in [4.78, 5) is 13.5. The fourth-order valence-corrected chi connectivity index (χ4v) is 1.94. The van der Waals surface area contributed by atoms with Crippen LogP contribution in [0.5, 0.6) is 0 Å². The van der Waals surface area contributed by atoms with Gasteiger partial charge in [-0.15, -0.1) is 12.3 Å². The first-order valence-electron chi connectivity index (χ1n) is 5.24. The molecule has 0 saturated carbocycles. The third kappa shape index (κ3) is 1.74.